The molecule has 0 saturated heterocycles. The fraction of sp³-hybridized carbons (Fsp3) is 0.571. The Labute approximate surface area is 88.4 Å². The summed E-state index contributed by atoms with van der Waals surface area (Å²) >= 11 is 0. The average molecular weight is 190 g/mol. The monoisotopic (exact) mass is 190 g/mol. The summed E-state index contributed by atoms with van der Waals surface area (Å²) < 4.78 is 0. The predicted octanol–water partition coefficient (Wildman–Crippen LogP) is 4.50. The minimum Gasteiger partial charge on any atom is -0.0991 e. The number of rotatable bonds is 2. The van der Waals surface area contributed by atoms with Gasteiger partial charge in [-0.2, -0.15) is 0 Å². The average Bonchev–Trinajstić information content (AvgIpc) is 2.18. The molecule has 0 spiro atoms. The SMILES string of the molecule is C=C/C=C1\C(=C/C)CCCC1C(C)C. The molecule has 0 aliphatic heterocycles. The second-order valence-electron chi connectivity index (χ2n) is 4.41. The largest absolute Gasteiger partial charge is 0.0991 e. The summed E-state index contributed by atoms with van der Waals surface area (Å²) in [5.41, 5.74) is 3.07. The molecule has 1 fully saturated rings. The van der Waals surface area contributed by atoms with Crippen molar-refractivity contribution in [2.75, 3.05) is 0 Å². The maximum absolute atomic E-state index is 3.81. The highest BCUT2D eigenvalue weighted by Crippen LogP contribution is 2.37. The van der Waals surface area contributed by atoms with Crippen LogP contribution in [0.15, 0.2) is 36.0 Å². The van der Waals surface area contributed by atoms with E-state index < -0.39 is 0 Å². The molecule has 1 saturated carbocycles. The van der Waals surface area contributed by atoms with Gasteiger partial charge in [-0.15, -0.1) is 0 Å². The molecule has 0 heteroatoms. The summed E-state index contributed by atoms with van der Waals surface area (Å²) in [5.74, 6) is 1.49. The van der Waals surface area contributed by atoms with Gasteiger partial charge in [0.1, 0.15) is 0 Å². The Morgan fingerprint density at radius 3 is 2.64 bits per heavy atom. The third-order valence-electron chi connectivity index (χ3n) is 3.18. The van der Waals surface area contributed by atoms with Crippen LogP contribution in [0.1, 0.15) is 40.0 Å². The van der Waals surface area contributed by atoms with Crippen LogP contribution in [0.3, 0.4) is 0 Å². The topological polar surface area (TPSA) is 0 Å². The van der Waals surface area contributed by atoms with Gasteiger partial charge in [-0.25, -0.2) is 0 Å². The van der Waals surface area contributed by atoms with Crippen LogP contribution in [0.5, 0.6) is 0 Å². The molecule has 1 unspecified atom stereocenters. The van der Waals surface area contributed by atoms with E-state index in [-0.39, 0.29) is 0 Å². The summed E-state index contributed by atoms with van der Waals surface area (Å²) in [4.78, 5) is 0. The van der Waals surface area contributed by atoms with Crippen molar-refractivity contribution in [1.29, 1.82) is 0 Å². The Bertz CT molecular complexity index is 253. The third kappa shape index (κ3) is 2.37. The van der Waals surface area contributed by atoms with Crippen molar-refractivity contribution in [3.8, 4) is 0 Å². The van der Waals surface area contributed by atoms with E-state index >= 15 is 0 Å². The van der Waals surface area contributed by atoms with Gasteiger partial charge in [0, 0.05) is 0 Å². The standard InChI is InChI=1S/C14H22/c1-5-8-14-12(6-2)9-7-10-13(14)11(3)4/h5-6,8,11,13H,1,7,9-10H2,2-4H3/b12-6-,14-8+. The minimum atomic E-state index is 0.743. The van der Waals surface area contributed by atoms with E-state index in [4.69, 9.17) is 0 Å². The van der Waals surface area contributed by atoms with Crippen molar-refractivity contribution in [2.45, 2.75) is 40.0 Å². The van der Waals surface area contributed by atoms with Gasteiger partial charge >= 0.3 is 0 Å². The highest BCUT2D eigenvalue weighted by atomic mass is 14.3. The predicted molar refractivity (Wildman–Crippen MR) is 64.2 cm³/mol. The highest BCUT2D eigenvalue weighted by Gasteiger charge is 2.24. The van der Waals surface area contributed by atoms with Gasteiger partial charge in [0.2, 0.25) is 0 Å². The van der Waals surface area contributed by atoms with Crippen molar-refractivity contribution < 1.29 is 0 Å². The number of hydrogen-bond acceptors (Lipinski definition) is 0. The van der Waals surface area contributed by atoms with Crippen LogP contribution in [0.25, 0.3) is 0 Å². The molecular formula is C14H22. The lowest BCUT2D eigenvalue weighted by Crippen LogP contribution is -2.17. The number of hydrogen-bond donors (Lipinski definition) is 0. The minimum absolute atomic E-state index is 0.743. The van der Waals surface area contributed by atoms with Gasteiger partial charge < -0.3 is 0 Å². The second kappa shape index (κ2) is 5.19. The van der Waals surface area contributed by atoms with Gasteiger partial charge in [0.25, 0.3) is 0 Å². The van der Waals surface area contributed by atoms with Crippen LogP contribution < -0.4 is 0 Å². The molecule has 0 nitrogen and oxygen atoms in total. The summed E-state index contributed by atoms with van der Waals surface area (Å²) in [6.45, 7) is 10.6. The van der Waals surface area contributed by atoms with Crippen LogP contribution in [-0.4, -0.2) is 0 Å². The first-order chi connectivity index (χ1) is 6.70. The molecule has 0 aromatic rings. The zero-order chi connectivity index (χ0) is 10.6. The van der Waals surface area contributed by atoms with Gasteiger partial charge in [0.15, 0.2) is 0 Å². The molecule has 0 radical (unpaired) electrons. The molecule has 0 bridgehead atoms. The first-order valence-electron chi connectivity index (χ1n) is 5.68. The summed E-state index contributed by atoms with van der Waals surface area (Å²) in [7, 11) is 0. The van der Waals surface area contributed by atoms with Crippen molar-refractivity contribution in [3.63, 3.8) is 0 Å². The van der Waals surface area contributed by atoms with Crippen LogP contribution in [-0.2, 0) is 0 Å². The Morgan fingerprint density at radius 2 is 2.14 bits per heavy atom. The lowest BCUT2D eigenvalue weighted by atomic mass is 9.75. The van der Waals surface area contributed by atoms with E-state index in [9.17, 15) is 0 Å². The Hall–Kier alpha value is -0.780. The molecule has 0 N–H and O–H groups in total. The van der Waals surface area contributed by atoms with E-state index in [1.165, 1.54) is 30.4 Å². The van der Waals surface area contributed by atoms with E-state index in [2.05, 4.69) is 39.5 Å². The van der Waals surface area contributed by atoms with Crippen LogP contribution in [0.2, 0.25) is 0 Å². The van der Waals surface area contributed by atoms with Crippen molar-refractivity contribution in [2.24, 2.45) is 11.8 Å². The molecule has 0 amide bonds. The summed E-state index contributed by atoms with van der Waals surface area (Å²) in [5, 5.41) is 0. The lowest BCUT2D eigenvalue weighted by molar-refractivity contribution is 0.385. The first kappa shape index (κ1) is 11.3. The molecule has 78 valence electrons. The molecular weight excluding hydrogens is 168 g/mol. The summed E-state index contributed by atoms with van der Waals surface area (Å²) in [6, 6.07) is 0. The molecule has 14 heavy (non-hydrogen) atoms. The van der Waals surface area contributed by atoms with Gasteiger partial charge in [-0.05, 0) is 49.2 Å². The first-order valence-corrected chi connectivity index (χ1v) is 5.68. The Morgan fingerprint density at radius 1 is 1.43 bits per heavy atom. The zero-order valence-corrected chi connectivity index (χ0v) is 9.72. The highest BCUT2D eigenvalue weighted by molar-refractivity contribution is 5.37. The zero-order valence-electron chi connectivity index (χ0n) is 9.72. The molecule has 1 aliphatic carbocycles. The smallest absolute Gasteiger partial charge is 0.0136 e. The third-order valence-corrected chi connectivity index (χ3v) is 3.18. The van der Waals surface area contributed by atoms with E-state index in [1.54, 1.807) is 0 Å². The van der Waals surface area contributed by atoms with Gasteiger partial charge in [0.05, 0.1) is 0 Å². The normalized spacial score (nSPS) is 28.7. The fourth-order valence-electron chi connectivity index (χ4n) is 2.41. The van der Waals surface area contributed by atoms with Crippen molar-refractivity contribution in [3.05, 3.63) is 36.0 Å². The van der Waals surface area contributed by atoms with Crippen LogP contribution in [0, 0.1) is 11.8 Å². The molecule has 1 atom stereocenters. The quantitative estimate of drug-likeness (QED) is 0.601. The molecule has 1 aliphatic rings. The molecule has 0 aromatic carbocycles. The summed E-state index contributed by atoms with van der Waals surface area (Å²) in [6.07, 6.45) is 10.3. The van der Waals surface area contributed by atoms with Gasteiger partial charge in [-0.3, -0.25) is 0 Å². The molecule has 1 rings (SSSR count). The van der Waals surface area contributed by atoms with E-state index in [0.717, 1.165) is 11.8 Å². The Balaban J connectivity index is 2.95. The molecule has 0 aromatic heterocycles. The van der Waals surface area contributed by atoms with Crippen molar-refractivity contribution in [1.82, 2.24) is 0 Å². The van der Waals surface area contributed by atoms with Gasteiger partial charge in [-0.1, -0.05) is 38.7 Å². The maximum Gasteiger partial charge on any atom is -0.0136 e. The Kier molecular flexibility index (Phi) is 4.19. The van der Waals surface area contributed by atoms with Crippen molar-refractivity contribution >= 4 is 0 Å². The number of allylic oxidation sites excluding steroid dienone is 5. The fourth-order valence-corrected chi connectivity index (χ4v) is 2.41. The van der Waals surface area contributed by atoms with Crippen LogP contribution >= 0.6 is 0 Å². The lowest BCUT2D eigenvalue weighted by Gasteiger charge is -2.30. The maximum atomic E-state index is 3.81. The second-order valence-corrected chi connectivity index (χ2v) is 4.41. The van der Waals surface area contributed by atoms with E-state index in [0.29, 0.717) is 0 Å². The van der Waals surface area contributed by atoms with Crippen LogP contribution in [0.4, 0.5) is 0 Å². The van der Waals surface area contributed by atoms with E-state index in [1.807, 2.05) is 6.08 Å². The molecule has 0 heterocycles.